The number of tetrazole rings is 1. The predicted octanol–water partition coefficient (Wildman–Crippen LogP) is 2.12. The number of nitrogens with one attached hydrogen (secondary N) is 1. The summed E-state index contributed by atoms with van der Waals surface area (Å²) in [6.45, 7) is 2.42. The molecule has 1 N–H and O–H groups in total. The Kier molecular flexibility index (Phi) is 4.33. The van der Waals surface area contributed by atoms with Crippen molar-refractivity contribution in [2.45, 2.75) is 12.0 Å². The van der Waals surface area contributed by atoms with Gasteiger partial charge in [0, 0.05) is 31.1 Å². The number of likely N-dealkylation sites (N-methyl/N-ethyl adjacent to an activating group) is 1. The van der Waals surface area contributed by atoms with Crippen LogP contribution in [0, 0.1) is 0 Å². The van der Waals surface area contributed by atoms with Gasteiger partial charge in [0.25, 0.3) is 0 Å². The molecule has 0 bridgehead atoms. The molecule has 0 aliphatic carbocycles. The lowest BCUT2D eigenvalue weighted by Crippen LogP contribution is -2.35. The number of H-pyrrole nitrogens is 1. The minimum atomic E-state index is -0.591. The van der Waals surface area contributed by atoms with Crippen LogP contribution in [0.25, 0.3) is 10.8 Å². The maximum absolute atomic E-state index is 6.19. The van der Waals surface area contributed by atoms with Crippen LogP contribution in [0.1, 0.15) is 12.2 Å². The maximum atomic E-state index is 6.19. The second-order valence-corrected chi connectivity index (χ2v) is 6.30. The van der Waals surface area contributed by atoms with Crippen molar-refractivity contribution in [3.8, 4) is 0 Å². The zero-order valence-electron chi connectivity index (χ0n) is 14.2. The second kappa shape index (κ2) is 6.78. The van der Waals surface area contributed by atoms with Crippen molar-refractivity contribution in [2.24, 2.45) is 0 Å². The van der Waals surface area contributed by atoms with E-state index in [9.17, 15) is 0 Å². The standard InChI is InChI=1S/C18H21N5O2/c1-23(16-8-4-6-14-5-2-3-7-15(14)16)10-12-25-18(9-11-24-13-18)17-19-21-22-20-17/h2-8H,9-13H2,1H3,(H,19,20,21,22). The van der Waals surface area contributed by atoms with Crippen LogP contribution in [0.15, 0.2) is 42.5 Å². The zero-order valence-corrected chi connectivity index (χ0v) is 14.2. The molecule has 0 amide bonds. The topological polar surface area (TPSA) is 76.2 Å². The van der Waals surface area contributed by atoms with Gasteiger partial charge in [-0.15, -0.1) is 10.2 Å². The Bertz CT molecular complexity index is 825. The summed E-state index contributed by atoms with van der Waals surface area (Å²) in [7, 11) is 2.08. The average molecular weight is 339 g/mol. The molecule has 1 atom stereocenters. The van der Waals surface area contributed by atoms with Crippen molar-refractivity contribution in [1.82, 2.24) is 20.6 Å². The highest BCUT2D eigenvalue weighted by molar-refractivity contribution is 5.94. The molecule has 2 aromatic carbocycles. The first-order chi connectivity index (χ1) is 12.3. The monoisotopic (exact) mass is 339 g/mol. The van der Waals surface area contributed by atoms with Crippen LogP contribution in [0.4, 0.5) is 5.69 Å². The zero-order chi connectivity index (χ0) is 17.1. The van der Waals surface area contributed by atoms with Crippen LogP contribution in [-0.4, -0.2) is 54.0 Å². The molecule has 1 saturated heterocycles. The molecule has 1 aromatic heterocycles. The summed E-state index contributed by atoms with van der Waals surface area (Å²) in [6, 6.07) is 14.8. The fraction of sp³-hybridized carbons (Fsp3) is 0.389. The molecular formula is C18H21N5O2. The third-order valence-electron chi connectivity index (χ3n) is 4.72. The van der Waals surface area contributed by atoms with Gasteiger partial charge in [-0.25, -0.2) is 0 Å². The molecule has 1 fully saturated rings. The van der Waals surface area contributed by atoms with Gasteiger partial charge in [-0.05, 0) is 11.5 Å². The molecule has 3 aromatic rings. The molecule has 0 radical (unpaired) electrons. The van der Waals surface area contributed by atoms with E-state index in [0.717, 1.165) is 13.0 Å². The summed E-state index contributed by atoms with van der Waals surface area (Å²) in [4.78, 5) is 2.21. The summed E-state index contributed by atoms with van der Waals surface area (Å²) < 4.78 is 11.7. The van der Waals surface area contributed by atoms with Gasteiger partial charge in [0.1, 0.15) is 0 Å². The Morgan fingerprint density at radius 1 is 1.24 bits per heavy atom. The smallest absolute Gasteiger partial charge is 0.208 e. The van der Waals surface area contributed by atoms with E-state index in [1.54, 1.807) is 0 Å². The lowest BCUT2D eigenvalue weighted by molar-refractivity contribution is -0.0570. The van der Waals surface area contributed by atoms with Gasteiger partial charge in [-0.3, -0.25) is 0 Å². The number of anilines is 1. The molecule has 0 spiro atoms. The van der Waals surface area contributed by atoms with E-state index >= 15 is 0 Å². The average Bonchev–Trinajstić information content (AvgIpc) is 3.33. The lowest BCUT2D eigenvalue weighted by Gasteiger charge is -2.27. The molecular weight excluding hydrogens is 318 g/mol. The van der Waals surface area contributed by atoms with E-state index in [2.05, 4.69) is 75.0 Å². The van der Waals surface area contributed by atoms with Crippen molar-refractivity contribution in [2.75, 3.05) is 38.3 Å². The number of rotatable bonds is 6. The molecule has 0 saturated carbocycles. The Hall–Kier alpha value is -2.51. The van der Waals surface area contributed by atoms with Gasteiger partial charge in [0.15, 0.2) is 5.60 Å². The van der Waals surface area contributed by atoms with Crippen LogP contribution in [-0.2, 0) is 15.1 Å². The van der Waals surface area contributed by atoms with Crippen LogP contribution in [0.3, 0.4) is 0 Å². The number of hydrogen-bond acceptors (Lipinski definition) is 6. The molecule has 1 aliphatic heterocycles. The van der Waals surface area contributed by atoms with Crippen molar-refractivity contribution >= 4 is 16.5 Å². The first-order valence-corrected chi connectivity index (χ1v) is 8.43. The fourth-order valence-electron chi connectivity index (χ4n) is 3.30. The Morgan fingerprint density at radius 3 is 2.92 bits per heavy atom. The summed E-state index contributed by atoms with van der Waals surface area (Å²) in [5.41, 5.74) is 0.602. The summed E-state index contributed by atoms with van der Waals surface area (Å²) in [6.07, 6.45) is 0.741. The molecule has 25 heavy (non-hydrogen) atoms. The van der Waals surface area contributed by atoms with Gasteiger partial charge < -0.3 is 14.4 Å². The minimum Gasteiger partial charge on any atom is -0.378 e. The highest BCUT2D eigenvalue weighted by Gasteiger charge is 2.41. The van der Waals surface area contributed by atoms with Crippen molar-refractivity contribution in [3.05, 3.63) is 48.3 Å². The Labute approximate surface area is 145 Å². The number of hydrogen-bond donors (Lipinski definition) is 1. The normalized spacial score (nSPS) is 20.2. The lowest BCUT2D eigenvalue weighted by atomic mass is 10.0. The third-order valence-corrected chi connectivity index (χ3v) is 4.72. The molecule has 2 heterocycles. The van der Waals surface area contributed by atoms with Crippen molar-refractivity contribution in [3.63, 3.8) is 0 Å². The summed E-state index contributed by atoms with van der Waals surface area (Å²) in [5, 5.41) is 16.8. The van der Waals surface area contributed by atoms with E-state index in [-0.39, 0.29) is 0 Å². The highest BCUT2D eigenvalue weighted by atomic mass is 16.6. The number of aromatic nitrogens is 4. The Balaban J connectivity index is 1.46. The van der Waals surface area contributed by atoms with E-state index in [4.69, 9.17) is 9.47 Å². The van der Waals surface area contributed by atoms with Crippen LogP contribution in [0.2, 0.25) is 0 Å². The van der Waals surface area contributed by atoms with E-state index in [1.165, 1.54) is 16.5 Å². The van der Waals surface area contributed by atoms with Crippen LogP contribution in [0.5, 0.6) is 0 Å². The largest absolute Gasteiger partial charge is 0.378 e. The molecule has 1 unspecified atom stereocenters. The van der Waals surface area contributed by atoms with Crippen LogP contribution < -0.4 is 4.90 Å². The second-order valence-electron chi connectivity index (χ2n) is 6.30. The van der Waals surface area contributed by atoms with Crippen molar-refractivity contribution < 1.29 is 9.47 Å². The first kappa shape index (κ1) is 16.0. The fourth-order valence-corrected chi connectivity index (χ4v) is 3.30. The molecule has 7 nitrogen and oxygen atoms in total. The van der Waals surface area contributed by atoms with Crippen molar-refractivity contribution in [1.29, 1.82) is 0 Å². The molecule has 7 heteroatoms. The number of benzene rings is 2. The number of fused-ring (bicyclic) bond motifs is 1. The molecule has 130 valence electrons. The maximum Gasteiger partial charge on any atom is 0.208 e. The SMILES string of the molecule is CN(CCOC1(c2nn[nH]n2)CCOC1)c1cccc2ccccc12. The predicted molar refractivity (Wildman–Crippen MR) is 94.5 cm³/mol. The Morgan fingerprint density at radius 2 is 2.12 bits per heavy atom. The quantitative estimate of drug-likeness (QED) is 0.741. The van der Waals surface area contributed by atoms with Crippen LogP contribution >= 0.6 is 0 Å². The summed E-state index contributed by atoms with van der Waals surface area (Å²) in [5.74, 6) is 0.567. The summed E-state index contributed by atoms with van der Waals surface area (Å²) >= 11 is 0. The van der Waals surface area contributed by atoms with Gasteiger partial charge in [0.05, 0.1) is 19.8 Å². The third kappa shape index (κ3) is 3.08. The van der Waals surface area contributed by atoms with Gasteiger partial charge in [-0.2, -0.15) is 5.21 Å². The number of nitrogens with zero attached hydrogens (tertiary/aromatic N) is 4. The number of ether oxygens (including phenoxy) is 2. The van der Waals surface area contributed by atoms with E-state index < -0.39 is 5.60 Å². The van der Waals surface area contributed by atoms with Gasteiger partial charge in [0.2, 0.25) is 5.82 Å². The first-order valence-electron chi connectivity index (χ1n) is 8.43. The van der Waals surface area contributed by atoms with Gasteiger partial charge in [-0.1, -0.05) is 41.6 Å². The van der Waals surface area contributed by atoms with E-state index in [0.29, 0.717) is 25.6 Å². The number of aromatic amines is 1. The highest BCUT2D eigenvalue weighted by Crippen LogP contribution is 2.32. The van der Waals surface area contributed by atoms with Gasteiger partial charge >= 0.3 is 0 Å². The minimum absolute atomic E-state index is 0.463. The van der Waals surface area contributed by atoms with E-state index in [1.807, 2.05) is 0 Å². The molecule has 1 aliphatic rings. The molecule has 4 rings (SSSR count).